The smallest absolute Gasteiger partial charge is 0.303 e. The van der Waals surface area contributed by atoms with Crippen LogP contribution < -0.4 is 0 Å². The van der Waals surface area contributed by atoms with Crippen LogP contribution >= 0.6 is 11.8 Å². The highest BCUT2D eigenvalue weighted by atomic mass is 32.2. The molecule has 4 nitrogen and oxygen atoms in total. The van der Waals surface area contributed by atoms with Crippen LogP contribution in [0.3, 0.4) is 0 Å². The number of hydrogen-bond donors (Lipinski definition) is 2. The Morgan fingerprint density at radius 3 is 1.53 bits per heavy atom. The van der Waals surface area contributed by atoms with E-state index in [1.54, 1.807) is 11.8 Å². The maximum Gasteiger partial charge on any atom is 0.303 e. The zero-order valence-electron chi connectivity index (χ0n) is 8.78. The molecule has 0 rings (SSSR count). The number of thioether (sulfide) groups is 1. The van der Waals surface area contributed by atoms with Crippen molar-refractivity contribution in [2.75, 3.05) is 11.5 Å². The van der Waals surface area contributed by atoms with E-state index in [-0.39, 0.29) is 12.8 Å². The first kappa shape index (κ1) is 14.3. The van der Waals surface area contributed by atoms with Gasteiger partial charge in [0.15, 0.2) is 0 Å². The third-order valence-electron chi connectivity index (χ3n) is 1.86. The van der Waals surface area contributed by atoms with Gasteiger partial charge in [-0.15, -0.1) is 0 Å². The summed E-state index contributed by atoms with van der Waals surface area (Å²) in [7, 11) is 0. The van der Waals surface area contributed by atoms with E-state index in [1.807, 2.05) is 0 Å². The molecule has 0 bridgehead atoms. The van der Waals surface area contributed by atoms with Crippen LogP contribution in [-0.2, 0) is 9.59 Å². The van der Waals surface area contributed by atoms with Crippen LogP contribution in [0.15, 0.2) is 0 Å². The Morgan fingerprint density at radius 1 is 0.800 bits per heavy atom. The third kappa shape index (κ3) is 13.3. The maximum absolute atomic E-state index is 10.2. The number of rotatable bonds is 10. The number of carboxylic acid groups (broad SMARTS) is 2. The second-order valence-electron chi connectivity index (χ2n) is 3.31. The van der Waals surface area contributed by atoms with E-state index in [1.165, 1.54) is 0 Å². The first-order chi connectivity index (χ1) is 7.13. The molecule has 0 aromatic carbocycles. The van der Waals surface area contributed by atoms with Gasteiger partial charge < -0.3 is 10.2 Å². The second-order valence-corrected chi connectivity index (χ2v) is 4.54. The molecule has 0 amide bonds. The normalized spacial score (nSPS) is 10.1. The van der Waals surface area contributed by atoms with Crippen LogP contribution in [0.25, 0.3) is 0 Å². The lowest BCUT2D eigenvalue weighted by Crippen LogP contribution is -1.95. The van der Waals surface area contributed by atoms with Crippen LogP contribution in [-0.4, -0.2) is 33.7 Å². The molecule has 0 unspecified atom stereocenters. The maximum atomic E-state index is 10.2. The predicted molar refractivity (Wildman–Crippen MR) is 60.3 cm³/mol. The molecular formula is C10H18O4S. The van der Waals surface area contributed by atoms with Crippen molar-refractivity contribution in [1.29, 1.82) is 0 Å². The average molecular weight is 234 g/mol. The number of aliphatic carboxylic acids is 2. The van der Waals surface area contributed by atoms with E-state index >= 15 is 0 Å². The zero-order valence-corrected chi connectivity index (χ0v) is 9.59. The molecule has 0 radical (unpaired) electrons. The molecule has 0 aliphatic carbocycles. The number of hydrogen-bond acceptors (Lipinski definition) is 3. The molecule has 0 spiro atoms. The number of carboxylic acids is 2. The van der Waals surface area contributed by atoms with Gasteiger partial charge >= 0.3 is 11.9 Å². The van der Waals surface area contributed by atoms with Gasteiger partial charge in [-0.3, -0.25) is 9.59 Å². The van der Waals surface area contributed by atoms with E-state index in [0.717, 1.165) is 37.2 Å². The van der Waals surface area contributed by atoms with Crippen molar-refractivity contribution >= 4 is 23.7 Å². The third-order valence-corrected chi connectivity index (χ3v) is 3.01. The summed E-state index contributed by atoms with van der Waals surface area (Å²) >= 11 is 1.77. The van der Waals surface area contributed by atoms with Crippen molar-refractivity contribution in [3.63, 3.8) is 0 Å². The summed E-state index contributed by atoms with van der Waals surface area (Å²) in [5.41, 5.74) is 0. The molecule has 0 aliphatic heterocycles. The molecule has 0 saturated carbocycles. The van der Waals surface area contributed by atoms with Crippen molar-refractivity contribution in [3.8, 4) is 0 Å². The summed E-state index contributed by atoms with van der Waals surface area (Å²) in [6.07, 6.45) is 3.82. The highest BCUT2D eigenvalue weighted by molar-refractivity contribution is 7.99. The molecule has 0 atom stereocenters. The fourth-order valence-corrected chi connectivity index (χ4v) is 2.08. The SMILES string of the molecule is O=C(O)CCCCSCCCCC(=O)O. The van der Waals surface area contributed by atoms with Crippen LogP contribution in [0.5, 0.6) is 0 Å². The number of unbranched alkanes of at least 4 members (excludes halogenated alkanes) is 2. The van der Waals surface area contributed by atoms with Crippen LogP contribution in [0.2, 0.25) is 0 Å². The van der Waals surface area contributed by atoms with Gasteiger partial charge in [-0.1, -0.05) is 0 Å². The lowest BCUT2D eigenvalue weighted by atomic mass is 10.2. The minimum absolute atomic E-state index is 0.250. The minimum Gasteiger partial charge on any atom is -0.481 e. The molecule has 0 aliphatic rings. The van der Waals surface area contributed by atoms with E-state index in [4.69, 9.17) is 10.2 Å². The van der Waals surface area contributed by atoms with Gasteiger partial charge in [-0.25, -0.2) is 0 Å². The predicted octanol–water partition coefficient (Wildman–Crippen LogP) is 2.23. The lowest BCUT2D eigenvalue weighted by Gasteiger charge is -2.00. The minimum atomic E-state index is -0.735. The van der Waals surface area contributed by atoms with Crippen molar-refractivity contribution in [3.05, 3.63) is 0 Å². The Bertz CT molecular complexity index is 174. The van der Waals surface area contributed by atoms with Gasteiger partial charge in [0.05, 0.1) is 0 Å². The van der Waals surface area contributed by atoms with Crippen molar-refractivity contribution in [2.45, 2.75) is 38.5 Å². The highest BCUT2D eigenvalue weighted by Gasteiger charge is 1.98. The molecule has 0 heterocycles. The summed E-state index contributed by atoms with van der Waals surface area (Å²) in [5.74, 6) is 0.476. The number of carbonyl (C=O) groups is 2. The van der Waals surface area contributed by atoms with Gasteiger partial charge in [0.25, 0.3) is 0 Å². The van der Waals surface area contributed by atoms with Gasteiger partial charge in [0.2, 0.25) is 0 Å². The van der Waals surface area contributed by atoms with Crippen molar-refractivity contribution in [2.24, 2.45) is 0 Å². The van der Waals surface area contributed by atoms with Gasteiger partial charge in [-0.05, 0) is 37.2 Å². The highest BCUT2D eigenvalue weighted by Crippen LogP contribution is 2.09. The van der Waals surface area contributed by atoms with Gasteiger partial charge in [0, 0.05) is 12.8 Å². The quantitative estimate of drug-likeness (QED) is 0.567. The molecule has 0 saturated heterocycles. The Hall–Kier alpha value is -0.710. The van der Waals surface area contributed by atoms with Crippen molar-refractivity contribution in [1.82, 2.24) is 0 Å². The zero-order chi connectivity index (χ0) is 11.5. The molecule has 5 heteroatoms. The average Bonchev–Trinajstić information content (AvgIpc) is 2.14. The van der Waals surface area contributed by atoms with Crippen LogP contribution in [0, 0.1) is 0 Å². The topological polar surface area (TPSA) is 74.6 Å². The van der Waals surface area contributed by atoms with E-state index in [9.17, 15) is 9.59 Å². The summed E-state index contributed by atoms with van der Waals surface area (Å²) in [4.78, 5) is 20.3. The fourth-order valence-electron chi connectivity index (χ4n) is 1.06. The summed E-state index contributed by atoms with van der Waals surface area (Å²) < 4.78 is 0. The molecular weight excluding hydrogens is 216 g/mol. The van der Waals surface area contributed by atoms with Crippen molar-refractivity contribution < 1.29 is 19.8 Å². The molecule has 15 heavy (non-hydrogen) atoms. The first-order valence-corrected chi connectivity index (χ1v) is 6.29. The standard InChI is InChI=1S/C10H18O4S/c11-9(12)5-1-3-7-15-8-4-2-6-10(13)14/h1-8H2,(H,11,12)(H,13,14). The molecule has 0 aromatic heterocycles. The molecule has 0 fully saturated rings. The van der Waals surface area contributed by atoms with Crippen LogP contribution in [0.1, 0.15) is 38.5 Å². The molecule has 2 N–H and O–H groups in total. The summed E-state index contributed by atoms with van der Waals surface area (Å²) in [5, 5.41) is 16.8. The Kier molecular flexibility index (Phi) is 9.36. The van der Waals surface area contributed by atoms with E-state index in [0.29, 0.717) is 0 Å². The monoisotopic (exact) mass is 234 g/mol. The lowest BCUT2D eigenvalue weighted by molar-refractivity contribution is -0.138. The van der Waals surface area contributed by atoms with Gasteiger partial charge in [-0.2, -0.15) is 11.8 Å². The Balaban J connectivity index is 2.99. The second kappa shape index (κ2) is 9.83. The van der Waals surface area contributed by atoms with E-state index in [2.05, 4.69) is 0 Å². The van der Waals surface area contributed by atoms with Gasteiger partial charge in [0.1, 0.15) is 0 Å². The fraction of sp³-hybridized carbons (Fsp3) is 0.800. The molecule has 88 valence electrons. The molecule has 0 aromatic rings. The van der Waals surface area contributed by atoms with E-state index < -0.39 is 11.9 Å². The van der Waals surface area contributed by atoms with Crippen LogP contribution in [0.4, 0.5) is 0 Å². The summed E-state index contributed by atoms with van der Waals surface area (Å²) in [6.45, 7) is 0. The largest absolute Gasteiger partial charge is 0.481 e. The Morgan fingerprint density at radius 2 is 1.20 bits per heavy atom. The Labute approximate surface area is 94.1 Å². The first-order valence-electron chi connectivity index (χ1n) is 5.14. The summed E-state index contributed by atoms with van der Waals surface area (Å²) in [6, 6.07) is 0.